The van der Waals surface area contributed by atoms with Crippen molar-refractivity contribution in [1.29, 1.82) is 0 Å². The van der Waals surface area contributed by atoms with Gasteiger partial charge in [-0.15, -0.1) is 0 Å². The van der Waals surface area contributed by atoms with Crippen molar-refractivity contribution < 1.29 is 19.2 Å². The average molecular weight is 1480 g/mol. The second-order valence-electron chi connectivity index (χ2n) is 31.1. The van der Waals surface area contributed by atoms with Gasteiger partial charge in [-0.1, -0.05) is 360 Å². The van der Waals surface area contributed by atoms with Gasteiger partial charge in [0.05, 0.1) is 52.6 Å². The highest BCUT2D eigenvalue weighted by Gasteiger charge is 2.46. The van der Waals surface area contributed by atoms with Crippen LogP contribution in [-0.2, 0) is 5.41 Å². The van der Waals surface area contributed by atoms with Crippen molar-refractivity contribution in [3.8, 4) is 78.1 Å². The maximum absolute atomic E-state index is 10.7. The number of aromatic nitrogens is 2. The molecule has 0 saturated carbocycles. The molecule has 19 aromatic carbocycles. The van der Waals surface area contributed by atoms with E-state index in [1.807, 2.05) is 84.9 Å². The molecule has 4 heterocycles. The lowest BCUT2D eigenvalue weighted by Crippen LogP contribution is -2.61. The highest BCUT2D eigenvalue weighted by atomic mass is 15.2. The highest BCUT2D eigenvalue weighted by Crippen LogP contribution is 2.56. The largest absolute Gasteiger partial charge is 0.310 e. The molecule has 0 saturated heterocycles. The normalized spacial score (nSPS) is 14.3. The van der Waals surface area contributed by atoms with E-state index in [1.54, 1.807) is 33.4 Å². The molecule has 0 N–H and O–H groups in total. The minimum absolute atomic E-state index is 0.0000274. The zero-order valence-electron chi connectivity index (χ0n) is 76.9. The number of para-hydroxylation sites is 4. The smallest absolute Gasteiger partial charge is 0.252 e. The fourth-order valence-corrected chi connectivity index (χ4v) is 18.5. The lowest BCUT2D eigenvalue weighted by molar-refractivity contribution is 0.590. The Kier molecular flexibility index (Phi) is 12.1. The topological polar surface area (TPSA) is 16.3 Å². The Balaban J connectivity index is 0.924. The van der Waals surface area contributed by atoms with E-state index < -0.39 is 60.5 Å². The molecule has 0 fully saturated rings. The summed E-state index contributed by atoms with van der Waals surface area (Å²) in [6.07, 6.45) is 0. The first kappa shape index (κ1) is 53.4. The van der Waals surface area contributed by atoms with E-state index in [2.05, 4.69) is 237 Å². The molecule has 0 unspecified atom stereocenters. The van der Waals surface area contributed by atoms with Gasteiger partial charge in [0.2, 0.25) is 0 Å². The molecule has 21 aromatic rings. The molecule has 4 nitrogen and oxygen atoms in total. The lowest BCUT2D eigenvalue weighted by atomic mass is 9.33. The van der Waals surface area contributed by atoms with Crippen LogP contribution in [0.1, 0.15) is 45.5 Å². The standard InChI is InChI=1S/C110H75BN4/c1-110(2,3)78-66-105-107-106(67-78)115(109-95(87-46-25-44-85-81-38-18-16-36-74(81)52-58-89(85)87)48-27-49-96(109)88-47-26-45-86-82-39-19-17-37-75(82)53-59-90(86)88)104-69-80(113-100-51-23-21-41-92(100)94-61-55-77(65-102(94)113)71-30-10-5-11-31-71)57-63-98(104)111(107)97-62-56-79(112-99-50-22-20-40-91(99)93-60-54-76(64-101(93)112)70-28-8-4-9-29-70)68-103(97)114(105)108-83(72-32-12-6-13-33-72)42-24-43-84(108)73-34-14-7-15-35-73/h4-69H,1-3H3/i20D,21D,22D,23D,40D,41D,50D,51D,54D,55D,60D,61D,64D,65D. The first-order chi connectivity index (χ1) is 62.6. The van der Waals surface area contributed by atoms with Crippen molar-refractivity contribution in [2.24, 2.45) is 0 Å². The van der Waals surface area contributed by atoms with Gasteiger partial charge in [-0.25, -0.2) is 0 Å². The van der Waals surface area contributed by atoms with Crippen LogP contribution in [0.3, 0.4) is 0 Å². The Bertz CT molecular complexity index is 8290. The van der Waals surface area contributed by atoms with Crippen molar-refractivity contribution in [3.63, 3.8) is 0 Å². The molecule has 2 aliphatic rings. The summed E-state index contributed by atoms with van der Waals surface area (Å²) in [7, 11) is 0. The zero-order valence-corrected chi connectivity index (χ0v) is 62.9. The molecule has 23 rings (SSSR count). The Labute approximate surface area is 688 Å². The van der Waals surface area contributed by atoms with Crippen LogP contribution in [0.4, 0.5) is 34.1 Å². The molecule has 115 heavy (non-hydrogen) atoms. The van der Waals surface area contributed by atoms with E-state index >= 15 is 0 Å². The third kappa shape index (κ3) is 10.4. The second-order valence-corrected chi connectivity index (χ2v) is 31.1. The van der Waals surface area contributed by atoms with Crippen LogP contribution in [0.15, 0.2) is 400 Å². The van der Waals surface area contributed by atoms with Crippen LogP contribution in [0.5, 0.6) is 0 Å². The Morgan fingerprint density at radius 1 is 0.261 bits per heavy atom. The molecule has 0 bridgehead atoms. The maximum Gasteiger partial charge on any atom is 0.252 e. The summed E-state index contributed by atoms with van der Waals surface area (Å²) in [6, 6.07) is 102. The molecule has 0 atom stereocenters. The van der Waals surface area contributed by atoms with E-state index in [4.69, 9.17) is 0 Å². The first-order valence-electron chi connectivity index (χ1n) is 46.0. The minimum atomic E-state index is -0.757. The highest BCUT2D eigenvalue weighted by molar-refractivity contribution is 7.00. The Hall–Kier alpha value is -14.5. The molecule has 0 amide bonds. The van der Waals surface area contributed by atoms with Gasteiger partial charge < -0.3 is 18.9 Å². The summed E-state index contributed by atoms with van der Waals surface area (Å²) in [5.74, 6) is 0. The SMILES string of the molecule is [2H]c1c([2H])c([2H])c2c(c1[2H])c1c([2H])c([2H])c(-c3ccccc3)c([2H])c1n2-c1ccc2c(c1)N(c1c(-c3ccccc3)cccc1-c1ccccc1)c1cc(C(C)(C)C)cc3c1B2c1ccc(-n2c4c([2H])c([2H])c([2H])c([2H])c4c4c([2H])c([2H])c(-c5ccccc5)c([2H])c42)cc1N3c1c(-c2cccc3c2ccc2ccccc23)cccc1-c1cccc2c1ccc1ccccc12. The first-order valence-corrected chi connectivity index (χ1v) is 39.0. The molecule has 0 spiro atoms. The zero-order chi connectivity index (χ0) is 88.3. The lowest BCUT2D eigenvalue weighted by Gasteiger charge is -2.46. The predicted octanol–water partition coefficient (Wildman–Crippen LogP) is 27.9. The van der Waals surface area contributed by atoms with Gasteiger partial charge in [-0.2, -0.15) is 0 Å². The van der Waals surface area contributed by atoms with Crippen molar-refractivity contribution in [1.82, 2.24) is 9.13 Å². The fourth-order valence-electron chi connectivity index (χ4n) is 18.5. The van der Waals surface area contributed by atoms with Gasteiger partial charge in [0.25, 0.3) is 6.71 Å². The van der Waals surface area contributed by atoms with E-state index in [0.29, 0.717) is 33.9 Å². The van der Waals surface area contributed by atoms with Crippen LogP contribution in [-0.4, -0.2) is 15.8 Å². The molecular weight excluding hydrogens is 1390 g/mol. The van der Waals surface area contributed by atoms with Gasteiger partial charge in [-0.05, 0) is 176 Å². The number of hydrogen-bond donors (Lipinski definition) is 0. The maximum atomic E-state index is 10.7. The van der Waals surface area contributed by atoms with Crippen LogP contribution >= 0.6 is 0 Å². The summed E-state index contributed by atoms with van der Waals surface area (Å²) in [4.78, 5) is 4.81. The van der Waals surface area contributed by atoms with Gasteiger partial charge in [-0.3, -0.25) is 0 Å². The van der Waals surface area contributed by atoms with Crippen molar-refractivity contribution >= 4 is 144 Å². The second kappa shape index (κ2) is 26.0. The number of anilines is 6. The van der Waals surface area contributed by atoms with Gasteiger partial charge >= 0.3 is 0 Å². The quantitative estimate of drug-likeness (QED) is 0.100. The van der Waals surface area contributed by atoms with Crippen molar-refractivity contribution in [2.45, 2.75) is 26.2 Å². The molecule has 0 radical (unpaired) electrons. The summed E-state index contributed by atoms with van der Waals surface area (Å²) in [5, 5.41) is 8.47. The molecule has 5 heteroatoms. The third-order valence-corrected chi connectivity index (χ3v) is 23.7. The van der Waals surface area contributed by atoms with Crippen LogP contribution in [0.2, 0.25) is 0 Å². The van der Waals surface area contributed by atoms with Gasteiger partial charge in [0.15, 0.2) is 0 Å². The van der Waals surface area contributed by atoms with Gasteiger partial charge in [0, 0.05) is 77.9 Å². The third-order valence-electron chi connectivity index (χ3n) is 23.7. The minimum Gasteiger partial charge on any atom is -0.310 e. The Morgan fingerprint density at radius 3 is 1.09 bits per heavy atom. The summed E-state index contributed by atoms with van der Waals surface area (Å²) >= 11 is 0. The Morgan fingerprint density at radius 2 is 0.635 bits per heavy atom. The molecule has 2 aliphatic heterocycles. The van der Waals surface area contributed by atoms with Crippen molar-refractivity contribution in [2.75, 3.05) is 9.80 Å². The predicted molar refractivity (Wildman–Crippen MR) is 490 cm³/mol. The molecule has 2 aromatic heterocycles. The fraction of sp³-hybridized carbons (Fsp3) is 0.0364. The van der Waals surface area contributed by atoms with E-state index in [1.165, 1.54) is 0 Å². The molecule has 538 valence electrons. The van der Waals surface area contributed by atoms with Crippen LogP contribution in [0.25, 0.3) is 165 Å². The van der Waals surface area contributed by atoms with Crippen LogP contribution < -0.4 is 26.2 Å². The molecule has 0 aliphatic carbocycles. The van der Waals surface area contributed by atoms with Crippen LogP contribution in [0, 0.1) is 0 Å². The summed E-state index contributed by atoms with van der Waals surface area (Å²) in [5.41, 5.74) is 16.7. The molecular formula is C110H75BN4. The van der Waals surface area contributed by atoms with E-state index in [0.717, 1.165) is 132 Å². The van der Waals surface area contributed by atoms with Crippen molar-refractivity contribution in [3.05, 3.63) is 406 Å². The summed E-state index contributed by atoms with van der Waals surface area (Å²) in [6.45, 7) is 5.89. The van der Waals surface area contributed by atoms with E-state index in [9.17, 15) is 19.2 Å². The van der Waals surface area contributed by atoms with E-state index in [-0.39, 0.29) is 91.0 Å². The van der Waals surface area contributed by atoms with Gasteiger partial charge in [0.1, 0.15) is 0 Å². The number of benzene rings is 19. The monoisotopic (exact) mass is 1480 g/mol. The number of nitrogens with zero attached hydrogens (tertiary/aromatic N) is 4. The number of rotatable bonds is 10. The summed E-state index contributed by atoms with van der Waals surface area (Å²) < 4.78 is 142. The number of fused-ring (bicyclic) bond motifs is 16. The average Bonchev–Trinajstić information content (AvgIpc) is 1.33. The number of hydrogen-bond acceptors (Lipinski definition) is 2.